The molecule has 4 heteroatoms. The molecule has 0 unspecified atom stereocenters. The van der Waals surface area contributed by atoms with E-state index < -0.39 is 12.2 Å². The highest BCUT2D eigenvalue weighted by atomic mass is 16.5. The van der Waals surface area contributed by atoms with Gasteiger partial charge in [0, 0.05) is 0 Å². The van der Waals surface area contributed by atoms with E-state index in [1.807, 2.05) is 30.3 Å². The first kappa shape index (κ1) is 11.8. The molecule has 0 bridgehead atoms. The van der Waals surface area contributed by atoms with Crippen LogP contribution in [0.3, 0.4) is 0 Å². The monoisotopic (exact) mass is 210 g/mol. The standard InChI is InChI=1S/C11H14O4/c12-6-10(13)11(14)8-15-7-9-4-2-1-3-5-9/h1-6,10-11,13-14H,7-8H2/t10-,11+/m0/s1. The van der Waals surface area contributed by atoms with Gasteiger partial charge in [0.2, 0.25) is 0 Å². The van der Waals surface area contributed by atoms with Crippen LogP contribution < -0.4 is 0 Å². The van der Waals surface area contributed by atoms with Crippen molar-refractivity contribution >= 4 is 6.29 Å². The molecule has 0 heterocycles. The van der Waals surface area contributed by atoms with Gasteiger partial charge in [0.1, 0.15) is 12.2 Å². The topological polar surface area (TPSA) is 66.8 Å². The van der Waals surface area contributed by atoms with Crippen LogP contribution in [0.2, 0.25) is 0 Å². The van der Waals surface area contributed by atoms with Crippen molar-refractivity contribution in [2.75, 3.05) is 6.61 Å². The summed E-state index contributed by atoms with van der Waals surface area (Å²) < 4.78 is 5.14. The van der Waals surface area contributed by atoms with Crippen molar-refractivity contribution in [1.29, 1.82) is 0 Å². The fourth-order valence-corrected chi connectivity index (χ4v) is 1.06. The van der Waals surface area contributed by atoms with Crippen molar-refractivity contribution in [1.82, 2.24) is 0 Å². The van der Waals surface area contributed by atoms with Gasteiger partial charge in [0.05, 0.1) is 13.2 Å². The molecule has 82 valence electrons. The van der Waals surface area contributed by atoms with E-state index in [1.165, 1.54) is 0 Å². The molecule has 0 aromatic heterocycles. The van der Waals surface area contributed by atoms with E-state index in [0.717, 1.165) is 5.56 Å². The third kappa shape index (κ3) is 4.20. The predicted molar refractivity (Wildman–Crippen MR) is 54.2 cm³/mol. The summed E-state index contributed by atoms with van der Waals surface area (Å²) in [6, 6.07) is 9.45. The molecule has 15 heavy (non-hydrogen) atoms. The predicted octanol–water partition coefficient (Wildman–Crippen LogP) is 0.124. The molecule has 2 atom stereocenters. The number of aliphatic hydroxyl groups excluding tert-OH is 2. The largest absolute Gasteiger partial charge is 0.388 e. The molecule has 0 aliphatic carbocycles. The second kappa shape index (κ2) is 6.29. The third-order valence-electron chi connectivity index (χ3n) is 1.93. The highest BCUT2D eigenvalue weighted by Crippen LogP contribution is 2.01. The Morgan fingerprint density at radius 3 is 2.53 bits per heavy atom. The van der Waals surface area contributed by atoms with Crippen LogP contribution in [-0.2, 0) is 16.1 Å². The fraction of sp³-hybridized carbons (Fsp3) is 0.364. The van der Waals surface area contributed by atoms with Crippen molar-refractivity contribution < 1.29 is 19.7 Å². The lowest BCUT2D eigenvalue weighted by molar-refractivity contribution is -0.123. The number of benzene rings is 1. The summed E-state index contributed by atoms with van der Waals surface area (Å²) in [5.74, 6) is 0. The summed E-state index contributed by atoms with van der Waals surface area (Å²) in [5, 5.41) is 18.1. The SMILES string of the molecule is O=C[C@H](O)[C@H](O)COCc1ccccc1. The Morgan fingerprint density at radius 1 is 1.27 bits per heavy atom. The van der Waals surface area contributed by atoms with Gasteiger partial charge < -0.3 is 19.7 Å². The van der Waals surface area contributed by atoms with Crippen LogP contribution in [0.25, 0.3) is 0 Å². The van der Waals surface area contributed by atoms with E-state index in [2.05, 4.69) is 0 Å². The van der Waals surface area contributed by atoms with Crippen molar-refractivity contribution in [2.45, 2.75) is 18.8 Å². The molecular weight excluding hydrogens is 196 g/mol. The highest BCUT2D eigenvalue weighted by molar-refractivity contribution is 5.56. The number of hydrogen-bond acceptors (Lipinski definition) is 4. The number of aldehydes is 1. The maximum atomic E-state index is 10.1. The Bertz CT molecular complexity index is 286. The number of carbonyl (C=O) groups is 1. The van der Waals surface area contributed by atoms with Crippen molar-refractivity contribution in [3.8, 4) is 0 Å². The van der Waals surface area contributed by atoms with Gasteiger partial charge >= 0.3 is 0 Å². The van der Waals surface area contributed by atoms with E-state index in [9.17, 15) is 9.90 Å². The molecule has 0 fully saturated rings. The minimum Gasteiger partial charge on any atom is -0.388 e. The summed E-state index contributed by atoms with van der Waals surface area (Å²) in [4.78, 5) is 10.1. The maximum absolute atomic E-state index is 10.1. The highest BCUT2D eigenvalue weighted by Gasteiger charge is 2.14. The Hall–Kier alpha value is -1.23. The molecular formula is C11H14O4. The number of hydrogen-bond donors (Lipinski definition) is 2. The normalized spacial score (nSPS) is 14.5. The zero-order valence-corrected chi connectivity index (χ0v) is 8.24. The summed E-state index contributed by atoms with van der Waals surface area (Å²) in [5.41, 5.74) is 0.977. The lowest BCUT2D eigenvalue weighted by atomic mass is 10.2. The van der Waals surface area contributed by atoms with Gasteiger partial charge in [-0.05, 0) is 5.56 Å². The van der Waals surface area contributed by atoms with Gasteiger partial charge in [-0.3, -0.25) is 0 Å². The van der Waals surface area contributed by atoms with Gasteiger partial charge in [-0.2, -0.15) is 0 Å². The molecule has 0 aliphatic heterocycles. The van der Waals surface area contributed by atoms with Crippen LogP contribution in [0, 0.1) is 0 Å². The molecule has 0 saturated carbocycles. The van der Waals surface area contributed by atoms with Gasteiger partial charge in [0.15, 0.2) is 6.29 Å². The van der Waals surface area contributed by atoms with Crippen molar-refractivity contribution in [2.24, 2.45) is 0 Å². The van der Waals surface area contributed by atoms with Gasteiger partial charge in [-0.25, -0.2) is 0 Å². The molecule has 0 saturated heterocycles. The van der Waals surface area contributed by atoms with Crippen LogP contribution in [0.1, 0.15) is 5.56 Å². The molecule has 0 radical (unpaired) electrons. The zero-order valence-electron chi connectivity index (χ0n) is 8.24. The molecule has 1 aromatic carbocycles. The molecule has 1 aromatic rings. The molecule has 0 amide bonds. The van der Waals surface area contributed by atoms with Crippen LogP contribution in [0.15, 0.2) is 30.3 Å². The van der Waals surface area contributed by atoms with E-state index in [-0.39, 0.29) is 12.9 Å². The van der Waals surface area contributed by atoms with E-state index >= 15 is 0 Å². The summed E-state index contributed by atoms with van der Waals surface area (Å²) in [6.07, 6.45) is -2.25. The Labute approximate surface area is 88.1 Å². The van der Waals surface area contributed by atoms with Crippen LogP contribution in [-0.4, -0.2) is 35.3 Å². The lowest BCUT2D eigenvalue weighted by Gasteiger charge is -2.12. The average molecular weight is 210 g/mol. The lowest BCUT2D eigenvalue weighted by Crippen LogP contribution is -2.31. The summed E-state index contributed by atoms with van der Waals surface area (Å²) in [7, 11) is 0. The molecule has 2 N–H and O–H groups in total. The molecule has 1 rings (SSSR count). The first-order valence-electron chi connectivity index (χ1n) is 4.67. The van der Waals surface area contributed by atoms with Crippen molar-refractivity contribution in [3.63, 3.8) is 0 Å². The molecule has 4 nitrogen and oxygen atoms in total. The van der Waals surface area contributed by atoms with Gasteiger partial charge in [-0.1, -0.05) is 30.3 Å². The number of ether oxygens (including phenoxy) is 1. The first-order chi connectivity index (χ1) is 7.24. The minimum atomic E-state index is -1.37. The second-order valence-electron chi connectivity index (χ2n) is 3.19. The maximum Gasteiger partial charge on any atom is 0.151 e. The Kier molecular flexibility index (Phi) is 4.97. The van der Waals surface area contributed by atoms with Crippen LogP contribution >= 0.6 is 0 Å². The molecule has 0 aliphatic rings. The number of rotatable bonds is 6. The summed E-state index contributed by atoms with van der Waals surface area (Å²) in [6.45, 7) is 0.290. The average Bonchev–Trinajstić information content (AvgIpc) is 2.29. The van der Waals surface area contributed by atoms with Crippen molar-refractivity contribution in [3.05, 3.63) is 35.9 Å². The van der Waals surface area contributed by atoms with Crippen LogP contribution in [0.4, 0.5) is 0 Å². The van der Waals surface area contributed by atoms with E-state index in [4.69, 9.17) is 9.84 Å². The van der Waals surface area contributed by atoms with Gasteiger partial charge in [-0.15, -0.1) is 0 Å². The van der Waals surface area contributed by atoms with Gasteiger partial charge in [0.25, 0.3) is 0 Å². The van der Waals surface area contributed by atoms with Crippen LogP contribution in [0.5, 0.6) is 0 Å². The first-order valence-corrected chi connectivity index (χ1v) is 4.67. The quantitative estimate of drug-likeness (QED) is 0.655. The summed E-state index contributed by atoms with van der Waals surface area (Å²) >= 11 is 0. The van der Waals surface area contributed by atoms with E-state index in [1.54, 1.807) is 0 Å². The third-order valence-corrected chi connectivity index (χ3v) is 1.93. The molecule has 0 spiro atoms. The zero-order chi connectivity index (χ0) is 11.1. The minimum absolute atomic E-state index is 0.0607. The smallest absolute Gasteiger partial charge is 0.151 e. The fourth-order valence-electron chi connectivity index (χ4n) is 1.06. The number of aliphatic hydroxyl groups is 2. The Balaban J connectivity index is 2.25. The number of carbonyl (C=O) groups excluding carboxylic acids is 1. The Morgan fingerprint density at radius 2 is 1.93 bits per heavy atom. The van der Waals surface area contributed by atoms with E-state index in [0.29, 0.717) is 6.61 Å². The second-order valence-corrected chi connectivity index (χ2v) is 3.19.